The van der Waals surface area contributed by atoms with Crippen LogP contribution in [0.25, 0.3) is 0 Å². The molecule has 1 nitrogen and oxygen atoms in total. The molecule has 0 amide bonds. The number of hydrogen-bond donors (Lipinski definition) is 1. The van der Waals surface area contributed by atoms with Crippen molar-refractivity contribution in [1.82, 2.24) is 5.32 Å². The highest BCUT2D eigenvalue weighted by molar-refractivity contribution is 7.10. The zero-order chi connectivity index (χ0) is 13.1. The third-order valence-corrected chi connectivity index (χ3v) is 5.51. The van der Waals surface area contributed by atoms with E-state index in [1.54, 1.807) is 0 Å². The van der Waals surface area contributed by atoms with Crippen LogP contribution in [-0.2, 0) is 0 Å². The van der Waals surface area contributed by atoms with Crippen molar-refractivity contribution in [3.05, 3.63) is 22.4 Å². The summed E-state index contributed by atoms with van der Waals surface area (Å²) < 4.78 is 0. The van der Waals surface area contributed by atoms with Crippen LogP contribution in [0.15, 0.2) is 17.5 Å². The zero-order valence-corrected chi connectivity index (χ0v) is 13.0. The van der Waals surface area contributed by atoms with Gasteiger partial charge in [-0.1, -0.05) is 33.3 Å². The van der Waals surface area contributed by atoms with Gasteiger partial charge in [0.25, 0.3) is 0 Å². The number of nitrogens with one attached hydrogen (secondary N) is 1. The van der Waals surface area contributed by atoms with Crippen molar-refractivity contribution in [2.45, 2.75) is 59.0 Å². The molecule has 1 fully saturated rings. The molecule has 2 rings (SSSR count). The third kappa shape index (κ3) is 3.36. The fourth-order valence-corrected chi connectivity index (χ4v) is 4.08. The minimum atomic E-state index is 0.501. The van der Waals surface area contributed by atoms with Gasteiger partial charge in [-0.05, 0) is 49.0 Å². The fourth-order valence-electron chi connectivity index (χ4n) is 3.33. The van der Waals surface area contributed by atoms with Gasteiger partial charge in [0.1, 0.15) is 0 Å². The van der Waals surface area contributed by atoms with Crippen molar-refractivity contribution >= 4 is 11.3 Å². The highest BCUT2D eigenvalue weighted by Crippen LogP contribution is 2.35. The quantitative estimate of drug-likeness (QED) is 0.820. The number of thiophene rings is 1. The minimum absolute atomic E-state index is 0.501. The first-order valence-electron chi connectivity index (χ1n) is 7.37. The largest absolute Gasteiger partial charge is 0.306 e. The lowest BCUT2D eigenvalue weighted by atomic mass is 9.74. The highest BCUT2D eigenvalue weighted by Gasteiger charge is 2.31. The first kappa shape index (κ1) is 14.1. The highest BCUT2D eigenvalue weighted by atomic mass is 32.1. The predicted molar refractivity (Wildman–Crippen MR) is 81.0 cm³/mol. The maximum Gasteiger partial charge on any atom is 0.0388 e. The van der Waals surface area contributed by atoms with Gasteiger partial charge in [-0.25, -0.2) is 0 Å². The normalized spacial score (nSPS) is 30.6. The molecule has 1 aromatic heterocycles. The molecular weight excluding hydrogens is 238 g/mol. The summed E-state index contributed by atoms with van der Waals surface area (Å²) in [5.41, 5.74) is 0. The molecule has 1 heterocycles. The van der Waals surface area contributed by atoms with Gasteiger partial charge in [0.05, 0.1) is 0 Å². The summed E-state index contributed by atoms with van der Waals surface area (Å²) in [4.78, 5) is 1.47. The van der Waals surface area contributed by atoms with Crippen LogP contribution in [0, 0.1) is 17.8 Å². The molecular formula is C16H27NS. The van der Waals surface area contributed by atoms with Crippen molar-refractivity contribution in [3.63, 3.8) is 0 Å². The molecule has 1 N–H and O–H groups in total. The van der Waals surface area contributed by atoms with Gasteiger partial charge < -0.3 is 5.32 Å². The van der Waals surface area contributed by atoms with E-state index in [-0.39, 0.29) is 0 Å². The SMILES string of the molecule is CC1CCC(C(C)C)C(NC(C)c2cccs2)C1. The number of hydrogen-bond acceptors (Lipinski definition) is 2. The Kier molecular flexibility index (Phi) is 4.85. The Morgan fingerprint density at radius 3 is 2.67 bits per heavy atom. The summed E-state index contributed by atoms with van der Waals surface area (Å²) in [5, 5.41) is 6.07. The van der Waals surface area contributed by atoms with Crippen molar-refractivity contribution in [2.24, 2.45) is 17.8 Å². The minimum Gasteiger partial charge on any atom is -0.306 e. The Balaban J connectivity index is 2.00. The molecule has 1 aliphatic carbocycles. The Bertz CT molecular complexity index is 344. The zero-order valence-electron chi connectivity index (χ0n) is 12.1. The molecule has 102 valence electrons. The molecule has 0 bridgehead atoms. The molecule has 1 saturated carbocycles. The van der Waals surface area contributed by atoms with E-state index in [1.807, 2.05) is 11.3 Å². The lowest BCUT2D eigenvalue weighted by Gasteiger charge is -2.39. The van der Waals surface area contributed by atoms with E-state index in [0.717, 1.165) is 17.8 Å². The monoisotopic (exact) mass is 265 g/mol. The summed E-state index contributed by atoms with van der Waals surface area (Å²) in [6.45, 7) is 9.47. The molecule has 0 aliphatic heterocycles. The molecule has 0 spiro atoms. The van der Waals surface area contributed by atoms with E-state index in [9.17, 15) is 0 Å². The van der Waals surface area contributed by atoms with E-state index >= 15 is 0 Å². The standard InChI is InChI=1S/C16H27NS/c1-11(2)14-8-7-12(3)10-15(14)17-13(4)16-6-5-9-18-16/h5-6,9,11-15,17H,7-8,10H2,1-4H3. The van der Waals surface area contributed by atoms with E-state index in [0.29, 0.717) is 12.1 Å². The summed E-state index contributed by atoms with van der Waals surface area (Å²) >= 11 is 1.87. The Morgan fingerprint density at radius 2 is 2.06 bits per heavy atom. The van der Waals surface area contributed by atoms with Crippen LogP contribution >= 0.6 is 11.3 Å². The van der Waals surface area contributed by atoms with E-state index < -0.39 is 0 Å². The van der Waals surface area contributed by atoms with E-state index in [1.165, 1.54) is 24.1 Å². The first-order chi connectivity index (χ1) is 8.58. The molecule has 1 aliphatic rings. The third-order valence-electron chi connectivity index (χ3n) is 4.46. The van der Waals surface area contributed by atoms with E-state index in [2.05, 4.69) is 50.5 Å². The van der Waals surface area contributed by atoms with Crippen LogP contribution in [0.3, 0.4) is 0 Å². The topological polar surface area (TPSA) is 12.0 Å². The van der Waals surface area contributed by atoms with Crippen LogP contribution in [0.4, 0.5) is 0 Å². The van der Waals surface area contributed by atoms with Crippen LogP contribution in [0.2, 0.25) is 0 Å². The van der Waals surface area contributed by atoms with Crippen molar-refractivity contribution in [1.29, 1.82) is 0 Å². The average Bonchev–Trinajstić information content (AvgIpc) is 2.81. The Labute approximate surface area is 116 Å². The maximum atomic E-state index is 3.89. The van der Waals surface area contributed by atoms with Crippen molar-refractivity contribution in [2.75, 3.05) is 0 Å². The Morgan fingerprint density at radius 1 is 1.28 bits per heavy atom. The van der Waals surface area contributed by atoms with E-state index in [4.69, 9.17) is 0 Å². The van der Waals surface area contributed by atoms with Crippen LogP contribution in [0.5, 0.6) is 0 Å². The smallest absolute Gasteiger partial charge is 0.0388 e. The molecule has 4 atom stereocenters. The van der Waals surface area contributed by atoms with Gasteiger partial charge in [-0.2, -0.15) is 0 Å². The second kappa shape index (κ2) is 6.21. The van der Waals surface area contributed by atoms with Gasteiger partial charge in [0.15, 0.2) is 0 Å². The van der Waals surface area contributed by atoms with Crippen molar-refractivity contribution in [3.8, 4) is 0 Å². The second-order valence-electron chi connectivity index (χ2n) is 6.34. The molecule has 4 unspecified atom stereocenters. The molecule has 2 heteroatoms. The lowest BCUT2D eigenvalue weighted by Crippen LogP contribution is -2.43. The number of rotatable bonds is 4. The summed E-state index contributed by atoms with van der Waals surface area (Å²) in [7, 11) is 0. The molecule has 1 aromatic rings. The molecule has 0 aromatic carbocycles. The average molecular weight is 265 g/mol. The molecule has 0 radical (unpaired) electrons. The predicted octanol–water partition coefficient (Wildman–Crippen LogP) is 4.86. The summed E-state index contributed by atoms with van der Waals surface area (Å²) in [6.07, 6.45) is 4.15. The van der Waals surface area contributed by atoms with Gasteiger partial charge in [0.2, 0.25) is 0 Å². The molecule has 0 saturated heterocycles. The first-order valence-corrected chi connectivity index (χ1v) is 8.25. The van der Waals surface area contributed by atoms with Crippen molar-refractivity contribution < 1.29 is 0 Å². The van der Waals surface area contributed by atoms with Crippen LogP contribution in [0.1, 0.15) is 57.9 Å². The van der Waals surface area contributed by atoms with Gasteiger partial charge in [-0.3, -0.25) is 0 Å². The fraction of sp³-hybridized carbons (Fsp3) is 0.750. The van der Waals surface area contributed by atoms with Gasteiger partial charge in [0, 0.05) is 17.0 Å². The summed E-state index contributed by atoms with van der Waals surface area (Å²) in [5.74, 6) is 2.53. The summed E-state index contributed by atoms with van der Waals surface area (Å²) in [6, 6.07) is 5.60. The van der Waals surface area contributed by atoms with Gasteiger partial charge >= 0.3 is 0 Å². The van der Waals surface area contributed by atoms with Gasteiger partial charge in [-0.15, -0.1) is 11.3 Å². The Hall–Kier alpha value is -0.340. The van der Waals surface area contributed by atoms with Crippen LogP contribution < -0.4 is 5.32 Å². The lowest BCUT2D eigenvalue weighted by molar-refractivity contribution is 0.161. The maximum absolute atomic E-state index is 3.89. The van der Waals surface area contributed by atoms with Crippen LogP contribution in [-0.4, -0.2) is 6.04 Å². The molecule has 18 heavy (non-hydrogen) atoms. The second-order valence-corrected chi connectivity index (χ2v) is 7.32.